The molecule has 7 nitrogen and oxygen atoms in total. The molecule has 0 aromatic heterocycles. The Balaban J connectivity index is 1.46. The minimum absolute atomic E-state index is 0.0191. The third-order valence-corrected chi connectivity index (χ3v) is 6.67. The van der Waals surface area contributed by atoms with E-state index in [1.54, 1.807) is 23.1 Å². The van der Waals surface area contributed by atoms with Crippen molar-refractivity contribution in [3.8, 4) is 11.5 Å². The zero-order chi connectivity index (χ0) is 22.6. The highest BCUT2D eigenvalue weighted by Gasteiger charge is 2.46. The van der Waals surface area contributed by atoms with Gasteiger partial charge in [0.25, 0.3) is 5.91 Å². The zero-order valence-electron chi connectivity index (χ0n) is 18.1. The van der Waals surface area contributed by atoms with Gasteiger partial charge < -0.3 is 25.2 Å². The average molecular weight is 439 g/mol. The molecule has 0 spiro atoms. The van der Waals surface area contributed by atoms with Gasteiger partial charge in [-0.25, -0.2) is 0 Å². The Labute approximate surface area is 188 Å². The van der Waals surface area contributed by atoms with Crippen LogP contribution in [0.4, 0.5) is 0 Å². The number of hydrogen-bond donors (Lipinski definition) is 3. The van der Waals surface area contributed by atoms with E-state index in [1.165, 1.54) is 6.07 Å². The fourth-order valence-electron chi connectivity index (χ4n) is 4.77. The number of phenolic OH excluding ortho intramolecular Hbond substituents is 1. The summed E-state index contributed by atoms with van der Waals surface area (Å²) in [7, 11) is 0. The molecule has 2 aromatic carbocycles. The Kier molecular flexibility index (Phi) is 6.65. The van der Waals surface area contributed by atoms with Crippen LogP contribution in [0.5, 0.6) is 11.5 Å². The lowest BCUT2D eigenvalue weighted by molar-refractivity contribution is -0.141. The molecule has 2 atom stereocenters. The van der Waals surface area contributed by atoms with Crippen molar-refractivity contribution in [2.75, 3.05) is 19.7 Å². The number of carbonyl (C=O) groups is 2. The molecular formula is C25H30N2O5. The second-order valence-electron chi connectivity index (χ2n) is 8.67. The number of hydrogen-bond acceptors (Lipinski definition) is 5. The van der Waals surface area contributed by atoms with Crippen LogP contribution in [0.3, 0.4) is 0 Å². The van der Waals surface area contributed by atoms with Crippen LogP contribution >= 0.6 is 0 Å². The highest BCUT2D eigenvalue weighted by atomic mass is 16.5. The summed E-state index contributed by atoms with van der Waals surface area (Å²) in [6, 6.07) is 16.0. The van der Waals surface area contributed by atoms with Gasteiger partial charge in [0.05, 0.1) is 11.6 Å². The number of aliphatic hydroxyl groups excluding tert-OH is 1. The maximum absolute atomic E-state index is 13.0. The van der Waals surface area contributed by atoms with Gasteiger partial charge in [-0.05, 0) is 37.0 Å². The van der Waals surface area contributed by atoms with Gasteiger partial charge in [-0.1, -0.05) is 55.3 Å². The second-order valence-corrected chi connectivity index (χ2v) is 8.67. The number of piperidine rings is 1. The van der Waals surface area contributed by atoms with Crippen molar-refractivity contribution in [3.05, 3.63) is 60.2 Å². The Morgan fingerprint density at radius 2 is 1.75 bits per heavy atom. The molecule has 1 heterocycles. The first-order valence-corrected chi connectivity index (χ1v) is 11.2. The maximum Gasteiger partial charge on any atom is 0.260 e. The summed E-state index contributed by atoms with van der Waals surface area (Å²) in [6.45, 7) is 0.222. The van der Waals surface area contributed by atoms with Crippen molar-refractivity contribution in [2.24, 2.45) is 5.92 Å². The van der Waals surface area contributed by atoms with Crippen LogP contribution in [0.25, 0.3) is 0 Å². The zero-order valence-corrected chi connectivity index (χ0v) is 18.1. The fourth-order valence-corrected chi connectivity index (χ4v) is 4.77. The van der Waals surface area contributed by atoms with E-state index in [4.69, 9.17) is 4.74 Å². The number of likely N-dealkylation sites (tertiary alicyclic amines) is 1. The van der Waals surface area contributed by atoms with Crippen LogP contribution in [0, 0.1) is 5.92 Å². The van der Waals surface area contributed by atoms with E-state index in [9.17, 15) is 19.8 Å². The molecule has 4 rings (SSSR count). The van der Waals surface area contributed by atoms with E-state index >= 15 is 0 Å². The SMILES string of the molecule is O=C(N[C@]1(c2ccccc2)CCN(C(=O)COc2ccccc2O)C[C@H]1O)C1CCCC1. The molecule has 0 unspecified atom stereocenters. The summed E-state index contributed by atoms with van der Waals surface area (Å²) in [4.78, 5) is 27.3. The Morgan fingerprint density at radius 1 is 1.06 bits per heavy atom. The molecule has 1 saturated carbocycles. The minimum atomic E-state index is -0.960. The summed E-state index contributed by atoms with van der Waals surface area (Å²) in [5, 5.41) is 24.2. The summed E-state index contributed by atoms with van der Waals surface area (Å²) in [5.74, 6) is -0.115. The highest BCUT2D eigenvalue weighted by molar-refractivity contribution is 5.81. The Bertz CT molecular complexity index is 944. The van der Waals surface area contributed by atoms with E-state index in [2.05, 4.69) is 5.32 Å². The normalized spacial score (nSPS) is 23.7. The first-order chi connectivity index (χ1) is 15.5. The summed E-state index contributed by atoms with van der Waals surface area (Å²) in [6.07, 6.45) is 3.30. The quantitative estimate of drug-likeness (QED) is 0.644. The van der Waals surface area contributed by atoms with E-state index in [-0.39, 0.29) is 42.4 Å². The predicted molar refractivity (Wildman–Crippen MR) is 119 cm³/mol. The standard InChI is InChI=1S/C25H30N2O5/c28-20-12-6-7-13-21(20)32-17-23(30)27-15-14-25(22(29)16-27,19-10-2-1-3-11-19)26-24(31)18-8-4-5-9-18/h1-3,6-7,10-13,18,22,28-29H,4-5,8-9,14-17H2,(H,26,31)/t22-,25+/m1/s1. The molecule has 2 fully saturated rings. The smallest absolute Gasteiger partial charge is 0.260 e. The number of benzene rings is 2. The van der Waals surface area contributed by atoms with Crippen molar-refractivity contribution in [1.82, 2.24) is 10.2 Å². The Morgan fingerprint density at radius 3 is 2.44 bits per heavy atom. The van der Waals surface area contributed by atoms with Crippen LogP contribution in [0.1, 0.15) is 37.7 Å². The highest BCUT2D eigenvalue weighted by Crippen LogP contribution is 2.35. The number of para-hydroxylation sites is 2. The number of carbonyl (C=O) groups excluding carboxylic acids is 2. The number of nitrogens with zero attached hydrogens (tertiary/aromatic N) is 1. The lowest BCUT2D eigenvalue weighted by atomic mass is 9.78. The van der Waals surface area contributed by atoms with Crippen LogP contribution < -0.4 is 10.1 Å². The number of amides is 2. The summed E-state index contributed by atoms with van der Waals surface area (Å²) >= 11 is 0. The molecule has 1 aliphatic carbocycles. The number of aromatic hydroxyl groups is 1. The van der Waals surface area contributed by atoms with E-state index in [1.807, 2.05) is 30.3 Å². The molecule has 0 radical (unpaired) electrons. The van der Waals surface area contributed by atoms with Gasteiger partial charge in [0, 0.05) is 19.0 Å². The van der Waals surface area contributed by atoms with Gasteiger partial charge in [-0.3, -0.25) is 9.59 Å². The van der Waals surface area contributed by atoms with Crippen molar-refractivity contribution >= 4 is 11.8 Å². The van der Waals surface area contributed by atoms with Crippen LogP contribution in [0.2, 0.25) is 0 Å². The van der Waals surface area contributed by atoms with Crippen molar-refractivity contribution < 1.29 is 24.5 Å². The van der Waals surface area contributed by atoms with Crippen molar-refractivity contribution in [3.63, 3.8) is 0 Å². The van der Waals surface area contributed by atoms with Gasteiger partial charge >= 0.3 is 0 Å². The lowest BCUT2D eigenvalue weighted by Crippen LogP contribution is -2.63. The predicted octanol–water partition coefficient (Wildman–Crippen LogP) is 2.57. The summed E-state index contributed by atoms with van der Waals surface area (Å²) < 4.78 is 5.46. The molecule has 1 aliphatic heterocycles. The largest absolute Gasteiger partial charge is 0.504 e. The van der Waals surface area contributed by atoms with Gasteiger partial charge in [-0.2, -0.15) is 0 Å². The van der Waals surface area contributed by atoms with Crippen LogP contribution in [-0.4, -0.2) is 52.7 Å². The molecule has 3 N–H and O–H groups in total. The molecule has 32 heavy (non-hydrogen) atoms. The summed E-state index contributed by atoms with van der Waals surface area (Å²) in [5.41, 5.74) is -0.0904. The third kappa shape index (κ3) is 4.58. The molecule has 2 aliphatic rings. The molecule has 170 valence electrons. The number of β-amino-alcohol motifs (C(OH)–C–C–N with tert-alkyl or cyclic N) is 1. The van der Waals surface area contributed by atoms with E-state index < -0.39 is 11.6 Å². The van der Waals surface area contributed by atoms with Gasteiger partial charge in [-0.15, -0.1) is 0 Å². The molecule has 2 amide bonds. The first kappa shape index (κ1) is 22.1. The first-order valence-electron chi connectivity index (χ1n) is 11.2. The molecule has 2 aromatic rings. The van der Waals surface area contributed by atoms with Crippen LogP contribution in [-0.2, 0) is 15.1 Å². The van der Waals surface area contributed by atoms with Crippen LogP contribution in [0.15, 0.2) is 54.6 Å². The third-order valence-electron chi connectivity index (χ3n) is 6.67. The maximum atomic E-state index is 13.0. The second kappa shape index (κ2) is 9.61. The Hall–Kier alpha value is -3.06. The minimum Gasteiger partial charge on any atom is -0.504 e. The van der Waals surface area contributed by atoms with E-state index in [0.29, 0.717) is 13.0 Å². The fraction of sp³-hybridized carbons (Fsp3) is 0.440. The monoisotopic (exact) mass is 438 g/mol. The number of ether oxygens (including phenoxy) is 1. The van der Waals surface area contributed by atoms with Crippen molar-refractivity contribution in [2.45, 2.75) is 43.7 Å². The number of phenols is 1. The molecule has 0 bridgehead atoms. The average Bonchev–Trinajstić information content (AvgIpc) is 3.35. The van der Waals surface area contributed by atoms with E-state index in [0.717, 1.165) is 31.2 Å². The van der Waals surface area contributed by atoms with Gasteiger partial charge in [0.2, 0.25) is 5.91 Å². The molecule has 1 saturated heterocycles. The number of rotatable bonds is 6. The van der Waals surface area contributed by atoms with Gasteiger partial charge in [0.1, 0.15) is 0 Å². The van der Waals surface area contributed by atoms with Crippen molar-refractivity contribution in [1.29, 1.82) is 0 Å². The van der Waals surface area contributed by atoms with Gasteiger partial charge in [0.15, 0.2) is 18.1 Å². The number of aliphatic hydroxyl groups is 1. The lowest BCUT2D eigenvalue weighted by Gasteiger charge is -2.46. The topological polar surface area (TPSA) is 99.1 Å². The molecular weight excluding hydrogens is 408 g/mol. The molecule has 7 heteroatoms. The number of nitrogens with one attached hydrogen (secondary N) is 1.